The summed E-state index contributed by atoms with van der Waals surface area (Å²) in [5.41, 5.74) is 5.45. The normalized spacial score (nSPS) is 18.1. The summed E-state index contributed by atoms with van der Waals surface area (Å²) in [4.78, 5) is 25.4. The average molecular weight is 467 g/mol. The molecule has 3 heterocycles. The van der Waals surface area contributed by atoms with Crippen LogP contribution in [-0.2, 0) is 0 Å². The van der Waals surface area contributed by atoms with Gasteiger partial charge in [-0.25, -0.2) is 4.98 Å². The van der Waals surface area contributed by atoms with E-state index in [4.69, 9.17) is 4.74 Å². The molecule has 1 saturated carbocycles. The van der Waals surface area contributed by atoms with Gasteiger partial charge in [-0.2, -0.15) is 0 Å². The zero-order valence-corrected chi connectivity index (χ0v) is 20.1. The van der Waals surface area contributed by atoms with Crippen LogP contribution in [0.5, 0.6) is 5.75 Å². The van der Waals surface area contributed by atoms with Crippen molar-refractivity contribution in [3.63, 3.8) is 0 Å². The van der Waals surface area contributed by atoms with E-state index in [1.165, 1.54) is 0 Å². The van der Waals surface area contributed by atoms with Crippen molar-refractivity contribution in [1.82, 2.24) is 19.4 Å². The number of carbonyl (C=O) groups excluding carboxylic acids is 1. The second-order valence-corrected chi connectivity index (χ2v) is 9.77. The molecule has 1 aliphatic carbocycles. The third-order valence-electron chi connectivity index (χ3n) is 7.19. The molecular formula is C29H30N4O2. The van der Waals surface area contributed by atoms with Crippen LogP contribution in [0.2, 0.25) is 0 Å². The van der Waals surface area contributed by atoms with Crippen LogP contribution in [0.25, 0.3) is 16.9 Å². The summed E-state index contributed by atoms with van der Waals surface area (Å²) in [6.45, 7) is 4.15. The van der Waals surface area contributed by atoms with Crippen molar-refractivity contribution in [1.29, 1.82) is 0 Å². The summed E-state index contributed by atoms with van der Waals surface area (Å²) in [5, 5.41) is 0. The first-order chi connectivity index (χ1) is 17.2. The van der Waals surface area contributed by atoms with Crippen LogP contribution in [0.15, 0.2) is 67.0 Å². The van der Waals surface area contributed by atoms with Gasteiger partial charge in [0.2, 0.25) is 0 Å². The lowest BCUT2D eigenvalue weighted by molar-refractivity contribution is 0.0633. The Balaban J connectivity index is 1.32. The molecule has 2 aromatic carbocycles. The van der Waals surface area contributed by atoms with Crippen molar-refractivity contribution in [2.24, 2.45) is 5.92 Å². The van der Waals surface area contributed by atoms with Gasteiger partial charge in [0.05, 0.1) is 12.2 Å². The quantitative estimate of drug-likeness (QED) is 0.374. The number of carbonyl (C=O) groups is 1. The minimum atomic E-state index is 0.0765. The van der Waals surface area contributed by atoms with Crippen LogP contribution in [-0.4, -0.2) is 45.0 Å². The zero-order valence-electron chi connectivity index (χ0n) is 20.1. The highest BCUT2D eigenvalue weighted by molar-refractivity contribution is 6.07. The number of benzene rings is 2. The Labute approximate surface area is 205 Å². The topological polar surface area (TPSA) is 60.2 Å². The molecule has 1 saturated heterocycles. The smallest absolute Gasteiger partial charge is 0.258 e. The molecule has 2 aromatic heterocycles. The molecular weight excluding hydrogens is 436 g/mol. The number of aryl methyl sites for hydroxylation is 1. The molecule has 35 heavy (non-hydrogen) atoms. The molecule has 1 atom stereocenters. The number of aromatic nitrogens is 3. The van der Waals surface area contributed by atoms with E-state index in [0.717, 1.165) is 66.1 Å². The molecule has 6 rings (SSSR count). The Hall–Kier alpha value is -3.67. The fraction of sp³-hybridized carbons (Fsp3) is 0.345. The third-order valence-corrected chi connectivity index (χ3v) is 7.19. The Morgan fingerprint density at radius 3 is 2.57 bits per heavy atom. The van der Waals surface area contributed by atoms with Gasteiger partial charge in [-0.1, -0.05) is 36.4 Å². The maximum atomic E-state index is 14.1. The predicted octanol–water partition coefficient (Wildman–Crippen LogP) is 5.54. The fourth-order valence-corrected chi connectivity index (χ4v) is 5.28. The van der Waals surface area contributed by atoms with Crippen molar-refractivity contribution in [3.8, 4) is 11.4 Å². The maximum absolute atomic E-state index is 14.1. The number of para-hydroxylation sites is 2. The number of hydrogen-bond acceptors (Lipinski definition) is 4. The number of likely N-dealkylation sites (tertiary alicyclic amines) is 1. The molecule has 4 aromatic rings. The second kappa shape index (κ2) is 9.17. The van der Waals surface area contributed by atoms with Crippen molar-refractivity contribution in [3.05, 3.63) is 83.8 Å². The molecule has 0 radical (unpaired) electrons. The van der Waals surface area contributed by atoms with E-state index in [-0.39, 0.29) is 5.91 Å². The number of fused-ring (bicyclic) bond motifs is 1. The van der Waals surface area contributed by atoms with E-state index in [2.05, 4.69) is 39.7 Å². The molecule has 6 nitrogen and oxygen atoms in total. The second-order valence-electron chi connectivity index (χ2n) is 9.77. The highest BCUT2D eigenvalue weighted by atomic mass is 16.5. The summed E-state index contributed by atoms with van der Waals surface area (Å²) >= 11 is 0. The van der Waals surface area contributed by atoms with Gasteiger partial charge in [-0.15, -0.1) is 0 Å². The first kappa shape index (κ1) is 21.8. The van der Waals surface area contributed by atoms with Gasteiger partial charge in [-0.3, -0.25) is 14.3 Å². The minimum Gasteiger partial charge on any atom is -0.493 e. The zero-order chi connectivity index (χ0) is 23.8. The summed E-state index contributed by atoms with van der Waals surface area (Å²) in [7, 11) is 0. The van der Waals surface area contributed by atoms with Crippen LogP contribution >= 0.6 is 0 Å². The van der Waals surface area contributed by atoms with Gasteiger partial charge in [0.25, 0.3) is 5.91 Å². The predicted molar refractivity (Wildman–Crippen MR) is 136 cm³/mol. The SMILES string of the molecule is Cc1ccccc1OCC1CCCN(C(=O)c2c(C3CC3)n(-c3ccccc3)c3nccnc23)C1. The van der Waals surface area contributed by atoms with Crippen molar-refractivity contribution in [2.45, 2.75) is 38.5 Å². The number of rotatable bonds is 6. The van der Waals surface area contributed by atoms with Crippen molar-refractivity contribution < 1.29 is 9.53 Å². The van der Waals surface area contributed by atoms with Crippen LogP contribution in [0.1, 0.15) is 53.2 Å². The Kier molecular flexibility index (Phi) is 5.72. The van der Waals surface area contributed by atoms with E-state index in [9.17, 15) is 4.79 Å². The molecule has 1 aliphatic heterocycles. The van der Waals surface area contributed by atoms with Gasteiger partial charge in [0, 0.05) is 48.7 Å². The molecule has 2 fully saturated rings. The number of nitrogens with zero attached hydrogens (tertiary/aromatic N) is 4. The van der Waals surface area contributed by atoms with Crippen LogP contribution in [0.4, 0.5) is 0 Å². The Morgan fingerprint density at radius 1 is 1.00 bits per heavy atom. The number of piperidine rings is 1. The lowest BCUT2D eigenvalue weighted by Crippen LogP contribution is -2.42. The van der Waals surface area contributed by atoms with E-state index in [1.54, 1.807) is 12.4 Å². The van der Waals surface area contributed by atoms with Crippen LogP contribution in [0.3, 0.4) is 0 Å². The molecule has 0 N–H and O–H groups in total. The minimum absolute atomic E-state index is 0.0765. The van der Waals surface area contributed by atoms with Crippen molar-refractivity contribution >= 4 is 17.1 Å². The molecule has 0 bridgehead atoms. The van der Waals surface area contributed by atoms with Crippen LogP contribution < -0.4 is 4.74 Å². The highest BCUT2D eigenvalue weighted by Gasteiger charge is 2.38. The summed E-state index contributed by atoms with van der Waals surface area (Å²) in [5.74, 6) is 1.68. The van der Waals surface area contributed by atoms with Crippen LogP contribution in [0, 0.1) is 12.8 Å². The van der Waals surface area contributed by atoms with Gasteiger partial charge < -0.3 is 9.64 Å². The number of hydrogen-bond donors (Lipinski definition) is 0. The molecule has 6 heteroatoms. The fourth-order valence-electron chi connectivity index (χ4n) is 5.28. The number of amides is 1. The third kappa shape index (κ3) is 4.18. The summed E-state index contributed by atoms with van der Waals surface area (Å²) in [6, 6.07) is 18.3. The van der Waals surface area contributed by atoms with Crippen molar-refractivity contribution in [2.75, 3.05) is 19.7 Å². The summed E-state index contributed by atoms with van der Waals surface area (Å²) < 4.78 is 8.31. The molecule has 0 spiro atoms. The maximum Gasteiger partial charge on any atom is 0.258 e. The Morgan fingerprint density at radius 2 is 1.77 bits per heavy atom. The lowest BCUT2D eigenvalue weighted by atomic mass is 9.97. The van der Waals surface area contributed by atoms with E-state index < -0.39 is 0 Å². The molecule has 1 unspecified atom stereocenters. The van der Waals surface area contributed by atoms with Gasteiger partial charge >= 0.3 is 0 Å². The highest BCUT2D eigenvalue weighted by Crippen LogP contribution is 2.46. The van der Waals surface area contributed by atoms with Gasteiger partial charge in [0.15, 0.2) is 5.65 Å². The molecule has 178 valence electrons. The average Bonchev–Trinajstić information content (AvgIpc) is 3.69. The standard InChI is InChI=1S/C29H30N4O2/c1-20-8-5-6-12-24(20)35-19-21-9-7-17-32(18-21)29(34)25-26-28(31-16-15-30-26)33(27(25)22-13-14-22)23-10-3-2-4-11-23/h2-6,8,10-12,15-16,21-22H,7,9,13-14,17-19H2,1H3. The summed E-state index contributed by atoms with van der Waals surface area (Å²) in [6.07, 6.45) is 7.64. The molecule has 2 aliphatic rings. The largest absolute Gasteiger partial charge is 0.493 e. The first-order valence-electron chi connectivity index (χ1n) is 12.6. The van der Waals surface area contributed by atoms with E-state index in [1.807, 2.05) is 41.3 Å². The number of ether oxygens (including phenoxy) is 1. The van der Waals surface area contributed by atoms with E-state index in [0.29, 0.717) is 30.5 Å². The van der Waals surface area contributed by atoms with Gasteiger partial charge in [0.1, 0.15) is 11.3 Å². The lowest BCUT2D eigenvalue weighted by Gasteiger charge is -2.33. The first-order valence-corrected chi connectivity index (χ1v) is 12.6. The monoisotopic (exact) mass is 466 g/mol. The molecule has 1 amide bonds. The van der Waals surface area contributed by atoms with E-state index >= 15 is 0 Å². The van der Waals surface area contributed by atoms with Gasteiger partial charge in [-0.05, 0) is 56.4 Å². The Bertz CT molecular complexity index is 1360.